The summed E-state index contributed by atoms with van der Waals surface area (Å²) in [7, 11) is 0. The number of likely N-dealkylation sites (N-methyl/N-ethyl adjacent to an activating group) is 1. The maximum atomic E-state index is 12.1. The molecule has 0 bridgehead atoms. The van der Waals surface area contributed by atoms with Crippen LogP contribution >= 0.6 is 0 Å². The first-order valence-electron chi connectivity index (χ1n) is 8.68. The minimum Gasteiger partial charge on any atom is -0.355 e. The van der Waals surface area contributed by atoms with Gasteiger partial charge in [0.2, 0.25) is 17.7 Å². The van der Waals surface area contributed by atoms with Gasteiger partial charge in [-0.3, -0.25) is 19.2 Å². The molecule has 8 heteroatoms. The summed E-state index contributed by atoms with van der Waals surface area (Å²) in [5.74, 6) is -1.04. The smallest absolute Gasteiger partial charge is 0.251 e. The zero-order valence-corrected chi connectivity index (χ0v) is 15.0. The lowest BCUT2D eigenvalue weighted by atomic mass is 10.2. The molecular formula is C18H24N4O4. The number of rotatable bonds is 7. The van der Waals surface area contributed by atoms with Crippen LogP contribution in [0.5, 0.6) is 0 Å². The Morgan fingerprint density at radius 3 is 2.42 bits per heavy atom. The molecule has 2 rings (SSSR count). The number of nitrogens with zero attached hydrogens (tertiary/aromatic N) is 1. The normalized spacial score (nSPS) is 14.7. The molecule has 26 heavy (non-hydrogen) atoms. The van der Waals surface area contributed by atoms with E-state index in [0.717, 1.165) is 12.1 Å². The Balaban J connectivity index is 1.83. The van der Waals surface area contributed by atoms with E-state index in [1.807, 2.05) is 0 Å². The lowest BCUT2D eigenvalue weighted by molar-refractivity contribution is -0.128. The van der Waals surface area contributed by atoms with Gasteiger partial charge in [0.15, 0.2) is 0 Å². The molecule has 0 spiro atoms. The van der Waals surface area contributed by atoms with Crippen molar-refractivity contribution in [3.63, 3.8) is 0 Å². The first-order valence-corrected chi connectivity index (χ1v) is 8.68. The molecule has 0 aliphatic carbocycles. The highest BCUT2D eigenvalue weighted by Crippen LogP contribution is 2.21. The van der Waals surface area contributed by atoms with Crippen LogP contribution in [0.3, 0.4) is 0 Å². The van der Waals surface area contributed by atoms with Crippen molar-refractivity contribution >= 4 is 29.3 Å². The van der Waals surface area contributed by atoms with E-state index in [0.29, 0.717) is 25.1 Å². The van der Waals surface area contributed by atoms with Crippen LogP contribution in [-0.2, 0) is 14.4 Å². The van der Waals surface area contributed by atoms with Crippen LogP contribution in [0, 0.1) is 0 Å². The van der Waals surface area contributed by atoms with E-state index in [1.54, 1.807) is 43.0 Å². The first kappa shape index (κ1) is 19.4. The lowest BCUT2D eigenvalue weighted by Gasteiger charge is -2.16. The van der Waals surface area contributed by atoms with Crippen LogP contribution in [0.25, 0.3) is 0 Å². The van der Waals surface area contributed by atoms with E-state index in [4.69, 9.17) is 0 Å². The Labute approximate surface area is 152 Å². The third-order valence-electron chi connectivity index (χ3n) is 4.05. The first-order chi connectivity index (χ1) is 12.4. The number of amides is 4. The lowest BCUT2D eigenvalue weighted by Crippen LogP contribution is -2.47. The number of hydrogen-bond donors (Lipinski definition) is 3. The molecule has 1 fully saturated rings. The van der Waals surface area contributed by atoms with Crippen molar-refractivity contribution < 1.29 is 19.2 Å². The predicted molar refractivity (Wildman–Crippen MR) is 96.7 cm³/mol. The fraction of sp³-hybridized carbons (Fsp3) is 0.444. The standard InChI is InChI=1S/C18H24N4O4/c1-3-19-17(25)12(2)21-15(23)11-20-18(26)13-6-8-14(9-7-13)22-10-4-5-16(22)24/h6-9,12H,3-5,10-11H2,1-2H3,(H,19,25)(H,20,26)(H,21,23)/t12-/m1/s1. The van der Waals surface area contributed by atoms with Gasteiger partial charge < -0.3 is 20.9 Å². The maximum Gasteiger partial charge on any atom is 0.251 e. The summed E-state index contributed by atoms with van der Waals surface area (Å²) in [5.41, 5.74) is 1.16. The highest BCUT2D eigenvalue weighted by atomic mass is 16.2. The van der Waals surface area contributed by atoms with Gasteiger partial charge in [-0.1, -0.05) is 0 Å². The van der Waals surface area contributed by atoms with Crippen molar-refractivity contribution in [1.29, 1.82) is 0 Å². The largest absolute Gasteiger partial charge is 0.355 e. The van der Waals surface area contributed by atoms with Gasteiger partial charge in [0, 0.05) is 30.8 Å². The van der Waals surface area contributed by atoms with Gasteiger partial charge in [0.1, 0.15) is 6.04 Å². The van der Waals surface area contributed by atoms with Crippen LogP contribution in [0.4, 0.5) is 5.69 Å². The summed E-state index contributed by atoms with van der Waals surface area (Å²) in [6.45, 7) is 4.30. The number of benzene rings is 1. The van der Waals surface area contributed by atoms with Crippen molar-refractivity contribution in [3.8, 4) is 0 Å². The van der Waals surface area contributed by atoms with Crippen molar-refractivity contribution in [1.82, 2.24) is 16.0 Å². The molecule has 4 amide bonds. The highest BCUT2D eigenvalue weighted by molar-refractivity contribution is 5.99. The van der Waals surface area contributed by atoms with Crippen LogP contribution in [0.1, 0.15) is 37.0 Å². The summed E-state index contributed by atoms with van der Waals surface area (Å²) in [6.07, 6.45) is 1.39. The van der Waals surface area contributed by atoms with Gasteiger partial charge in [0.05, 0.1) is 6.54 Å². The Morgan fingerprint density at radius 1 is 1.15 bits per heavy atom. The molecule has 140 valence electrons. The van der Waals surface area contributed by atoms with E-state index in [1.165, 1.54) is 0 Å². The average Bonchev–Trinajstić information content (AvgIpc) is 3.06. The maximum absolute atomic E-state index is 12.1. The number of nitrogens with one attached hydrogen (secondary N) is 3. The number of carbonyl (C=O) groups excluding carboxylic acids is 4. The molecule has 1 atom stereocenters. The highest BCUT2D eigenvalue weighted by Gasteiger charge is 2.21. The molecule has 1 heterocycles. The molecule has 1 aromatic rings. The van der Waals surface area contributed by atoms with E-state index in [-0.39, 0.29) is 18.4 Å². The molecule has 1 aliphatic heterocycles. The van der Waals surface area contributed by atoms with E-state index in [9.17, 15) is 19.2 Å². The van der Waals surface area contributed by atoms with E-state index < -0.39 is 17.9 Å². The Morgan fingerprint density at radius 2 is 1.85 bits per heavy atom. The van der Waals surface area contributed by atoms with Gasteiger partial charge in [0.25, 0.3) is 5.91 Å². The molecule has 0 aromatic heterocycles. The van der Waals surface area contributed by atoms with Gasteiger partial charge in [-0.2, -0.15) is 0 Å². The second kappa shape index (κ2) is 8.98. The van der Waals surface area contributed by atoms with Crippen LogP contribution in [0.15, 0.2) is 24.3 Å². The minimum atomic E-state index is -0.670. The second-order valence-corrected chi connectivity index (χ2v) is 6.06. The van der Waals surface area contributed by atoms with E-state index in [2.05, 4.69) is 16.0 Å². The minimum absolute atomic E-state index is 0.0834. The zero-order valence-electron chi connectivity index (χ0n) is 15.0. The fourth-order valence-electron chi connectivity index (χ4n) is 2.66. The Hall–Kier alpha value is -2.90. The number of carbonyl (C=O) groups is 4. The molecule has 0 radical (unpaired) electrons. The van der Waals surface area contributed by atoms with E-state index >= 15 is 0 Å². The molecule has 0 saturated carbocycles. The van der Waals surface area contributed by atoms with Gasteiger partial charge in [-0.05, 0) is 44.5 Å². The van der Waals surface area contributed by atoms with Gasteiger partial charge >= 0.3 is 0 Å². The van der Waals surface area contributed by atoms with Crippen LogP contribution in [-0.4, -0.2) is 49.3 Å². The molecule has 1 aliphatic rings. The van der Waals surface area contributed by atoms with Crippen molar-refractivity contribution in [2.75, 3.05) is 24.5 Å². The third-order valence-corrected chi connectivity index (χ3v) is 4.05. The second-order valence-electron chi connectivity index (χ2n) is 6.06. The predicted octanol–water partition coefficient (Wildman–Crippen LogP) is 0.184. The summed E-state index contributed by atoms with van der Waals surface area (Å²) in [4.78, 5) is 48.9. The third kappa shape index (κ3) is 5.05. The summed E-state index contributed by atoms with van der Waals surface area (Å²) < 4.78 is 0. The number of anilines is 1. The van der Waals surface area contributed by atoms with Crippen molar-refractivity contribution in [3.05, 3.63) is 29.8 Å². The topological polar surface area (TPSA) is 108 Å². The van der Waals surface area contributed by atoms with Crippen LogP contribution < -0.4 is 20.9 Å². The quantitative estimate of drug-likeness (QED) is 0.645. The summed E-state index contributed by atoms with van der Waals surface area (Å²) in [6, 6.07) is 6.00. The average molecular weight is 360 g/mol. The summed E-state index contributed by atoms with van der Waals surface area (Å²) >= 11 is 0. The van der Waals surface area contributed by atoms with Gasteiger partial charge in [-0.25, -0.2) is 0 Å². The van der Waals surface area contributed by atoms with Crippen molar-refractivity contribution in [2.24, 2.45) is 0 Å². The molecule has 0 unspecified atom stereocenters. The molecule has 1 saturated heterocycles. The Bertz CT molecular complexity index is 687. The Kier molecular flexibility index (Phi) is 6.71. The molecular weight excluding hydrogens is 336 g/mol. The monoisotopic (exact) mass is 360 g/mol. The molecule has 1 aromatic carbocycles. The van der Waals surface area contributed by atoms with Crippen LogP contribution in [0.2, 0.25) is 0 Å². The SMILES string of the molecule is CCNC(=O)[C@@H](C)NC(=O)CNC(=O)c1ccc(N2CCCC2=O)cc1. The molecule has 3 N–H and O–H groups in total. The number of hydrogen-bond acceptors (Lipinski definition) is 4. The summed E-state index contributed by atoms with van der Waals surface area (Å²) in [5, 5.41) is 7.63. The van der Waals surface area contributed by atoms with Crippen molar-refractivity contribution in [2.45, 2.75) is 32.7 Å². The molecule has 8 nitrogen and oxygen atoms in total. The fourth-order valence-corrected chi connectivity index (χ4v) is 2.66. The van der Waals surface area contributed by atoms with Gasteiger partial charge in [-0.15, -0.1) is 0 Å². The zero-order chi connectivity index (χ0) is 19.1.